The second kappa shape index (κ2) is 5.28. The van der Waals surface area contributed by atoms with Gasteiger partial charge in [-0.25, -0.2) is 9.18 Å². The molecule has 0 aliphatic rings. The summed E-state index contributed by atoms with van der Waals surface area (Å²) in [7, 11) is 0. The van der Waals surface area contributed by atoms with Crippen molar-refractivity contribution in [3.05, 3.63) is 53.0 Å². The monoisotopic (exact) mass is 287 g/mol. The van der Waals surface area contributed by atoms with Crippen molar-refractivity contribution in [2.24, 2.45) is 0 Å². The maximum atomic E-state index is 14.0. The zero-order valence-electron chi connectivity index (χ0n) is 12.6. The minimum atomic E-state index is -1.02. The fraction of sp³-hybridized carbons (Fsp3) is 0.294. The number of hydrogen-bond acceptors (Lipinski definition) is 2. The number of aryl methyl sites for hydroxylation is 1. The fourth-order valence-electron chi connectivity index (χ4n) is 2.27. The Bertz CT molecular complexity index is 702. The van der Waals surface area contributed by atoms with Crippen LogP contribution in [-0.2, 0) is 5.41 Å². The van der Waals surface area contributed by atoms with Crippen molar-refractivity contribution in [1.82, 2.24) is 4.98 Å². The van der Waals surface area contributed by atoms with Crippen molar-refractivity contribution in [3.63, 3.8) is 0 Å². The summed E-state index contributed by atoms with van der Waals surface area (Å²) >= 11 is 0. The first-order valence-corrected chi connectivity index (χ1v) is 6.72. The van der Waals surface area contributed by atoms with Gasteiger partial charge >= 0.3 is 5.97 Å². The molecular weight excluding hydrogens is 269 g/mol. The summed E-state index contributed by atoms with van der Waals surface area (Å²) in [6, 6.07) is 7.94. The minimum absolute atomic E-state index is 0.167. The van der Waals surface area contributed by atoms with Crippen LogP contribution in [0.5, 0.6) is 0 Å². The Morgan fingerprint density at radius 2 is 1.86 bits per heavy atom. The van der Waals surface area contributed by atoms with Crippen molar-refractivity contribution in [2.75, 3.05) is 0 Å². The zero-order chi connectivity index (χ0) is 15.8. The highest BCUT2D eigenvalue weighted by molar-refractivity contribution is 5.90. The Morgan fingerprint density at radius 3 is 2.38 bits per heavy atom. The Morgan fingerprint density at radius 1 is 1.24 bits per heavy atom. The Hall–Kier alpha value is -2.23. The zero-order valence-corrected chi connectivity index (χ0v) is 12.6. The van der Waals surface area contributed by atoms with Crippen molar-refractivity contribution in [1.29, 1.82) is 0 Å². The lowest BCUT2D eigenvalue weighted by Crippen LogP contribution is -2.20. The fourth-order valence-corrected chi connectivity index (χ4v) is 2.27. The van der Waals surface area contributed by atoms with Gasteiger partial charge in [-0.1, -0.05) is 32.9 Å². The van der Waals surface area contributed by atoms with Gasteiger partial charge in [0.05, 0.1) is 17.0 Å². The van der Waals surface area contributed by atoms with Crippen LogP contribution >= 0.6 is 0 Å². The first-order chi connectivity index (χ1) is 9.71. The summed E-state index contributed by atoms with van der Waals surface area (Å²) in [6.07, 6.45) is 0. The molecule has 1 aromatic heterocycles. The first-order valence-electron chi connectivity index (χ1n) is 6.72. The number of aromatic nitrogens is 1. The number of carboxylic acids is 1. The van der Waals surface area contributed by atoms with E-state index < -0.39 is 11.4 Å². The summed E-state index contributed by atoms with van der Waals surface area (Å²) in [6.45, 7) is 7.42. The Kier molecular flexibility index (Phi) is 3.81. The quantitative estimate of drug-likeness (QED) is 0.901. The molecule has 0 bridgehead atoms. The average Bonchev–Trinajstić information content (AvgIpc) is 2.38. The molecule has 0 unspecified atom stereocenters. The van der Waals surface area contributed by atoms with Gasteiger partial charge in [0.2, 0.25) is 0 Å². The Balaban J connectivity index is 2.76. The maximum absolute atomic E-state index is 14.0. The maximum Gasteiger partial charge on any atom is 0.337 e. The lowest BCUT2D eigenvalue weighted by molar-refractivity contribution is 0.0693. The molecular formula is C17H18FNO2. The molecule has 0 atom stereocenters. The van der Waals surface area contributed by atoms with Gasteiger partial charge in [-0.05, 0) is 30.7 Å². The molecule has 1 heterocycles. The van der Waals surface area contributed by atoms with E-state index in [9.17, 15) is 14.3 Å². The molecule has 2 rings (SSSR count). The third-order valence-corrected chi connectivity index (χ3v) is 3.28. The van der Waals surface area contributed by atoms with E-state index in [1.807, 2.05) is 20.8 Å². The van der Waals surface area contributed by atoms with E-state index in [-0.39, 0.29) is 11.4 Å². The molecule has 0 radical (unpaired) electrons. The summed E-state index contributed by atoms with van der Waals surface area (Å²) in [5.41, 5.74) is 1.70. The van der Waals surface area contributed by atoms with Crippen LogP contribution in [0.4, 0.5) is 4.39 Å². The predicted octanol–water partition coefficient (Wildman–Crippen LogP) is 4.19. The van der Waals surface area contributed by atoms with Gasteiger partial charge in [0, 0.05) is 11.0 Å². The van der Waals surface area contributed by atoms with E-state index in [1.54, 1.807) is 31.2 Å². The van der Waals surface area contributed by atoms with Gasteiger partial charge in [0.1, 0.15) is 5.82 Å². The number of carbonyl (C=O) groups is 1. The molecule has 2 aromatic rings. The van der Waals surface area contributed by atoms with Crippen molar-refractivity contribution in [2.45, 2.75) is 33.1 Å². The number of benzene rings is 1. The molecule has 0 amide bonds. The van der Waals surface area contributed by atoms with Crippen LogP contribution in [0.25, 0.3) is 11.3 Å². The van der Waals surface area contributed by atoms with Gasteiger partial charge in [0.25, 0.3) is 0 Å². The summed E-state index contributed by atoms with van der Waals surface area (Å²) in [5.74, 6) is -1.38. The Labute approximate surface area is 123 Å². The smallest absolute Gasteiger partial charge is 0.337 e. The third kappa shape index (κ3) is 2.94. The van der Waals surface area contributed by atoms with Crippen LogP contribution < -0.4 is 0 Å². The molecule has 1 N–H and O–H groups in total. The summed E-state index contributed by atoms with van der Waals surface area (Å²) in [4.78, 5) is 15.9. The van der Waals surface area contributed by atoms with E-state index in [0.29, 0.717) is 22.5 Å². The topological polar surface area (TPSA) is 50.2 Å². The highest BCUT2D eigenvalue weighted by atomic mass is 19.1. The highest BCUT2D eigenvalue weighted by Gasteiger charge is 2.25. The number of nitrogens with zero attached hydrogens (tertiary/aromatic N) is 1. The van der Waals surface area contributed by atoms with Gasteiger partial charge in [-0.2, -0.15) is 0 Å². The largest absolute Gasteiger partial charge is 0.478 e. The number of aromatic carboxylic acids is 1. The number of hydrogen-bond donors (Lipinski definition) is 1. The molecule has 1 aromatic carbocycles. The second-order valence-corrected chi connectivity index (χ2v) is 6.09. The van der Waals surface area contributed by atoms with E-state index in [0.717, 1.165) is 0 Å². The van der Waals surface area contributed by atoms with E-state index in [2.05, 4.69) is 4.98 Å². The number of carboxylic acid groups (broad SMARTS) is 1. The van der Waals surface area contributed by atoms with Crippen LogP contribution in [0.15, 0.2) is 30.3 Å². The molecule has 0 fully saturated rings. The molecule has 110 valence electrons. The standard InChI is InChI=1S/C17H18FNO2/c1-10-9-12(16(20)21)15(17(2,3)4)19-14(10)11-7-5-6-8-13(11)18/h5-9H,1-4H3,(H,20,21). The normalized spacial score (nSPS) is 11.5. The summed E-state index contributed by atoms with van der Waals surface area (Å²) in [5, 5.41) is 9.36. The van der Waals surface area contributed by atoms with Crippen LogP contribution in [0.3, 0.4) is 0 Å². The highest BCUT2D eigenvalue weighted by Crippen LogP contribution is 2.31. The van der Waals surface area contributed by atoms with Gasteiger partial charge in [0.15, 0.2) is 0 Å². The second-order valence-electron chi connectivity index (χ2n) is 6.09. The van der Waals surface area contributed by atoms with Crippen LogP contribution in [-0.4, -0.2) is 16.1 Å². The van der Waals surface area contributed by atoms with Gasteiger partial charge < -0.3 is 5.11 Å². The molecule has 4 heteroatoms. The molecule has 0 saturated heterocycles. The van der Waals surface area contributed by atoms with Crippen molar-refractivity contribution < 1.29 is 14.3 Å². The van der Waals surface area contributed by atoms with Crippen molar-refractivity contribution >= 4 is 5.97 Å². The predicted molar refractivity (Wildman–Crippen MR) is 80.0 cm³/mol. The van der Waals surface area contributed by atoms with Crippen LogP contribution in [0.1, 0.15) is 42.4 Å². The lowest BCUT2D eigenvalue weighted by atomic mass is 9.87. The number of pyridine rings is 1. The van der Waals surface area contributed by atoms with E-state index >= 15 is 0 Å². The van der Waals surface area contributed by atoms with Gasteiger partial charge in [-0.3, -0.25) is 4.98 Å². The van der Waals surface area contributed by atoms with E-state index in [4.69, 9.17) is 0 Å². The molecule has 0 spiro atoms. The minimum Gasteiger partial charge on any atom is -0.478 e. The molecule has 3 nitrogen and oxygen atoms in total. The average molecular weight is 287 g/mol. The molecule has 0 aliphatic heterocycles. The SMILES string of the molecule is Cc1cc(C(=O)O)c(C(C)(C)C)nc1-c1ccccc1F. The summed E-state index contributed by atoms with van der Waals surface area (Å²) < 4.78 is 14.0. The van der Waals surface area contributed by atoms with E-state index in [1.165, 1.54) is 6.07 Å². The lowest BCUT2D eigenvalue weighted by Gasteiger charge is -2.22. The number of halogens is 1. The van der Waals surface area contributed by atoms with Gasteiger partial charge in [-0.15, -0.1) is 0 Å². The number of rotatable bonds is 2. The van der Waals surface area contributed by atoms with Crippen molar-refractivity contribution in [3.8, 4) is 11.3 Å². The van der Waals surface area contributed by atoms with Crippen LogP contribution in [0, 0.1) is 12.7 Å². The molecule has 0 saturated carbocycles. The molecule has 0 aliphatic carbocycles. The third-order valence-electron chi connectivity index (χ3n) is 3.28. The van der Waals surface area contributed by atoms with Crippen LogP contribution in [0.2, 0.25) is 0 Å². The molecule has 21 heavy (non-hydrogen) atoms. The first kappa shape index (κ1) is 15.2.